The first-order valence-electron chi connectivity index (χ1n) is 3.42. The molecule has 0 amide bonds. The molecule has 0 saturated carbocycles. The van der Waals surface area contributed by atoms with E-state index in [1.807, 2.05) is 6.92 Å². The summed E-state index contributed by atoms with van der Waals surface area (Å²) in [6.45, 7) is 1.90. The van der Waals surface area contributed by atoms with Gasteiger partial charge >= 0.3 is 0 Å². The molecule has 2 rings (SSSR count). The normalized spacial score (nSPS) is 10.1. The van der Waals surface area contributed by atoms with Crippen LogP contribution < -0.4 is 0 Å². The number of rotatable bonds is 1. The summed E-state index contributed by atoms with van der Waals surface area (Å²) in [5.41, 5.74) is 1.69. The molecule has 4 nitrogen and oxygen atoms in total. The van der Waals surface area contributed by atoms with E-state index in [2.05, 4.69) is 19.3 Å². The Hall–Kier alpha value is -1.36. The average molecular weight is 178 g/mol. The van der Waals surface area contributed by atoms with E-state index >= 15 is 0 Å². The van der Waals surface area contributed by atoms with Crippen molar-refractivity contribution in [2.45, 2.75) is 6.92 Å². The highest BCUT2D eigenvalue weighted by molar-refractivity contribution is 7.09. The Bertz CT molecular complexity index is 353. The molecule has 0 saturated heterocycles. The monoisotopic (exact) mass is 178 g/mol. The number of nitrogens with zero attached hydrogens (tertiary/aromatic N) is 4. The van der Waals surface area contributed by atoms with Crippen molar-refractivity contribution in [3.8, 4) is 10.7 Å². The summed E-state index contributed by atoms with van der Waals surface area (Å²) in [7, 11) is 0. The van der Waals surface area contributed by atoms with Crippen LogP contribution in [-0.4, -0.2) is 19.3 Å². The van der Waals surface area contributed by atoms with Gasteiger partial charge in [0.1, 0.15) is 12.0 Å². The van der Waals surface area contributed by atoms with Gasteiger partial charge in [-0.2, -0.15) is 4.37 Å². The van der Waals surface area contributed by atoms with Gasteiger partial charge in [0.15, 0.2) is 5.01 Å². The maximum Gasteiger partial charge on any atom is 0.163 e. The van der Waals surface area contributed by atoms with Gasteiger partial charge in [0.2, 0.25) is 0 Å². The van der Waals surface area contributed by atoms with Crippen LogP contribution in [0.4, 0.5) is 0 Å². The van der Waals surface area contributed by atoms with E-state index in [9.17, 15) is 0 Å². The molecule has 0 aliphatic heterocycles. The SMILES string of the molecule is Cc1cnc(-c2ncns2)cn1. The molecule has 0 fully saturated rings. The van der Waals surface area contributed by atoms with E-state index in [1.54, 1.807) is 12.4 Å². The third-order valence-corrected chi connectivity index (χ3v) is 2.05. The van der Waals surface area contributed by atoms with E-state index in [0.29, 0.717) is 0 Å². The molecule has 0 atom stereocenters. The minimum Gasteiger partial charge on any atom is -0.258 e. The van der Waals surface area contributed by atoms with Gasteiger partial charge in [-0.25, -0.2) is 4.98 Å². The predicted molar refractivity (Wildman–Crippen MR) is 45.7 cm³/mol. The third-order valence-electron chi connectivity index (χ3n) is 1.36. The van der Waals surface area contributed by atoms with Crippen LogP contribution in [0.3, 0.4) is 0 Å². The van der Waals surface area contributed by atoms with Crippen LogP contribution in [-0.2, 0) is 0 Å². The lowest BCUT2D eigenvalue weighted by atomic mass is 10.4. The fourth-order valence-corrected chi connectivity index (χ4v) is 1.28. The molecule has 0 unspecified atom stereocenters. The van der Waals surface area contributed by atoms with Crippen LogP contribution in [0.1, 0.15) is 5.69 Å². The van der Waals surface area contributed by atoms with Crippen molar-refractivity contribution in [3.63, 3.8) is 0 Å². The van der Waals surface area contributed by atoms with Crippen molar-refractivity contribution in [1.82, 2.24) is 19.3 Å². The molecule has 0 N–H and O–H groups in total. The molecule has 0 spiro atoms. The largest absolute Gasteiger partial charge is 0.258 e. The minimum atomic E-state index is 0.781. The first kappa shape index (κ1) is 7.30. The van der Waals surface area contributed by atoms with Gasteiger partial charge in [-0.05, 0) is 18.5 Å². The summed E-state index contributed by atoms with van der Waals surface area (Å²) in [6.07, 6.45) is 4.94. The van der Waals surface area contributed by atoms with Gasteiger partial charge < -0.3 is 0 Å². The molecular formula is C7H6N4S. The van der Waals surface area contributed by atoms with Gasteiger partial charge in [0.25, 0.3) is 0 Å². The molecule has 0 aliphatic rings. The Balaban J connectivity index is 2.43. The van der Waals surface area contributed by atoms with Gasteiger partial charge in [-0.15, -0.1) is 0 Å². The molecule has 0 aliphatic carbocycles. The summed E-state index contributed by atoms with van der Waals surface area (Å²) in [5, 5.41) is 0.808. The zero-order valence-electron chi connectivity index (χ0n) is 6.43. The molecule has 0 bridgehead atoms. The van der Waals surface area contributed by atoms with Crippen molar-refractivity contribution in [2.24, 2.45) is 0 Å². The summed E-state index contributed by atoms with van der Waals surface area (Å²) in [4.78, 5) is 12.3. The lowest BCUT2D eigenvalue weighted by Crippen LogP contribution is -1.86. The van der Waals surface area contributed by atoms with Gasteiger partial charge in [-0.1, -0.05) is 0 Å². The molecule has 12 heavy (non-hydrogen) atoms. The third kappa shape index (κ3) is 1.31. The van der Waals surface area contributed by atoms with Crippen LogP contribution in [0, 0.1) is 6.92 Å². The van der Waals surface area contributed by atoms with Crippen LogP contribution in [0.5, 0.6) is 0 Å². The Labute approximate surface area is 73.5 Å². The van der Waals surface area contributed by atoms with Crippen LogP contribution >= 0.6 is 11.5 Å². The van der Waals surface area contributed by atoms with E-state index in [0.717, 1.165) is 16.4 Å². The molecule has 0 aromatic carbocycles. The molecule has 2 aromatic heterocycles. The highest BCUT2D eigenvalue weighted by Gasteiger charge is 2.01. The van der Waals surface area contributed by atoms with E-state index in [1.165, 1.54) is 17.9 Å². The van der Waals surface area contributed by atoms with Crippen LogP contribution in [0.2, 0.25) is 0 Å². The second-order valence-corrected chi connectivity index (χ2v) is 3.07. The number of aryl methyl sites for hydroxylation is 1. The van der Waals surface area contributed by atoms with E-state index < -0.39 is 0 Å². The maximum atomic E-state index is 4.17. The topological polar surface area (TPSA) is 51.6 Å². The highest BCUT2D eigenvalue weighted by Crippen LogP contribution is 2.15. The fraction of sp³-hybridized carbons (Fsp3) is 0.143. The van der Waals surface area contributed by atoms with Crippen molar-refractivity contribution in [2.75, 3.05) is 0 Å². The summed E-state index contributed by atoms with van der Waals surface area (Å²) >= 11 is 1.32. The lowest BCUT2D eigenvalue weighted by molar-refractivity contribution is 1.12. The quantitative estimate of drug-likeness (QED) is 0.660. The summed E-state index contributed by atoms with van der Waals surface area (Å²) in [5.74, 6) is 0. The zero-order chi connectivity index (χ0) is 8.39. The first-order chi connectivity index (χ1) is 5.86. The Kier molecular flexibility index (Phi) is 1.79. The highest BCUT2D eigenvalue weighted by atomic mass is 32.1. The zero-order valence-corrected chi connectivity index (χ0v) is 7.25. The fourth-order valence-electron chi connectivity index (χ4n) is 0.789. The number of hydrogen-bond donors (Lipinski definition) is 0. The molecule has 2 aromatic rings. The van der Waals surface area contributed by atoms with Gasteiger partial charge in [0, 0.05) is 6.20 Å². The Morgan fingerprint density at radius 2 is 2.08 bits per heavy atom. The molecule has 5 heteroatoms. The second kappa shape index (κ2) is 2.94. The molecular weight excluding hydrogens is 172 g/mol. The van der Waals surface area contributed by atoms with Gasteiger partial charge in [-0.3, -0.25) is 9.97 Å². The van der Waals surface area contributed by atoms with Crippen molar-refractivity contribution >= 4 is 11.5 Å². The minimum absolute atomic E-state index is 0.781. The summed E-state index contributed by atoms with van der Waals surface area (Å²) in [6, 6.07) is 0. The Morgan fingerprint density at radius 1 is 1.17 bits per heavy atom. The predicted octanol–water partition coefficient (Wildman–Crippen LogP) is 1.30. The van der Waals surface area contributed by atoms with Crippen molar-refractivity contribution < 1.29 is 0 Å². The standard InChI is InChI=1S/C7H6N4S/c1-5-2-9-6(3-8-5)7-10-4-11-12-7/h2-4H,1H3. The van der Waals surface area contributed by atoms with Crippen LogP contribution in [0.25, 0.3) is 10.7 Å². The van der Waals surface area contributed by atoms with Gasteiger partial charge in [0.05, 0.1) is 11.9 Å². The van der Waals surface area contributed by atoms with E-state index in [4.69, 9.17) is 0 Å². The molecule has 0 radical (unpaired) electrons. The van der Waals surface area contributed by atoms with Crippen molar-refractivity contribution in [1.29, 1.82) is 0 Å². The van der Waals surface area contributed by atoms with E-state index in [-0.39, 0.29) is 0 Å². The first-order valence-corrected chi connectivity index (χ1v) is 4.19. The number of aromatic nitrogens is 4. The lowest BCUT2D eigenvalue weighted by Gasteiger charge is -1.93. The molecule has 60 valence electrons. The molecule has 2 heterocycles. The summed E-state index contributed by atoms with van der Waals surface area (Å²) < 4.78 is 3.88. The Morgan fingerprint density at radius 3 is 2.67 bits per heavy atom. The number of hydrogen-bond acceptors (Lipinski definition) is 5. The maximum absolute atomic E-state index is 4.17. The second-order valence-electron chi connectivity index (χ2n) is 2.29. The average Bonchev–Trinajstić information content (AvgIpc) is 2.58. The van der Waals surface area contributed by atoms with Crippen LogP contribution in [0.15, 0.2) is 18.7 Å². The van der Waals surface area contributed by atoms with Crippen molar-refractivity contribution in [3.05, 3.63) is 24.4 Å². The smallest absolute Gasteiger partial charge is 0.163 e.